The number of carbonyl (C=O) groups excluding carboxylic acids is 1. The van der Waals surface area contributed by atoms with Gasteiger partial charge in [-0.2, -0.15) is 0 Å². The Hall–Kier alpha value is -1.91. The molecular weight excluding hydrogens is 356 g/mol. The van der Waals surface area contributed by atoms with Gasteiger partial charge in [0.2, 0.25) is 5.09 Å². The van der Waals surface area contributed by atoms with E-state index < -0.39 is 16.0 Å². The van der Waals surface area contributed by atoms with Crippen LogP contribution in [-0.4, -0.2) is 37.4 Å². The van der Waals surface area contributed by atoms with Crippen molar-refractivity contribution in [3.8, 4) is 0 Å². The van der Waals surface area contributed by atoms with Crippen molar-refractivity contribution in [1.29, 1.82) is 0 Å². The lowest BCUT2D eigenvalue weighted by atomic mass is 10.4. The summed E-state index contributed by atoms with van der Waals surface area (Å²) in [6.45, 7) is 1.86. The van der Waals surface area contributed by atoms with Gasteiger partial charge in [0.1, 0.15) is 12.4 Å². The molecule has 2 aromatic rings. The van der Waals surface area contributed by atoms with E-state index in [2.05, 4.69) is 0 Å². The minimum Gasteiger partial charge on any atom is -0.457 e. The Kier molecular flexibility index (Phi) is 5.62. The van der Waals surface area contributed by atoms with Gasteiger partial charge >= 0.3 is 10.8 Å². The third-order valence-corrected chi connectivity index (χ3v) is 5.83. The fourth-order valence-electron chi connectivity index (χ4n) is 1.86. The van der Waals surface area contributed by atoms with Crippen LogP contribution < -0.4 is 4.87 Å². The van der Waals surface area contributed by atoms with E-state index in [1.165, 1.54) is 30.8 Å². The molecule has 8 nitrogen and oxygen atoms in total. The highest BCUT2D eigenvalue weighted by Gasteiger charge is 2.21. The third kappa shape index (κ3) is 4.13. The summed E-state index contributed by atoms with van der Waals surface area (Å²) >= 11 is 1.08. The number of ether oxygens (including phenoxy) is 1. The van der Waals surface area contributed by atoms with Crippen LogP contribution in [0.1, 0.15) is 17.9 Å². The molecule has 0 saturated carbocycles. The Morgan fingerprint density at radius 3 is 2.67 bits per heavy atom. The number of carbonyl (C=O) groups is 1. The number of furan rings is 1. The molecule has 0 saturated heterocycles. The molecule has 0 unspecified atom stereocenters. The number of aryl methyl sites for hydroxylation is 1. The van der Waals surface area contributed by atoms with E-state index in [1.807, 2.05) is 0 Å². The average molecular weight is 374 g/mol. The quantitative estimate of drug-likeness (QED) is 0.675. The van der Waals surface area contributed by atoms with Crippen molar-refractivity contribution in [2.24, 2.45) is 0 Å². The van der Waals surface area contributed by atoms with Crippen LogP contribution in [0.25, 0.3) is 0 Å². The highest BCUT2D eigenvalue weighted by molar-refractivity contribution is 7.88. The van der Waals surface area contributed by atoms with Crippen LogP contribution in [0.2, 0.25) is 0 Å². The molecule has 0 aromatic carbocycles. The van der Waals surface area contributed by atoms with Crippen LogP contribution in [-0.2, 0) is 32.7 Å². The number of hydrogen-bond acceptors (Lipinski definition) is 7. The summed E-state index contributed by atoms with van der Waals surface area (Å²) in [5.41, 5.74) is 0.794. The van der Waals surface area contributed by atoms with Gasteiger partial charge in [0.25, 0.3) is 10.0 Å². The van der Waals surface area contributed by atoms with Gasteiger partial charge in [0.05, 0.1) is 6.42 Å². The molecule has 0 spiro atoms. The van der Waals surface area contributed by atoms with Crippen LogP contribution in [0.5, 0.6) is 0 Å². The van der Waals surface area contributed by atoms with E-state index in [-0.39, 0.29) is 35.3 Å². The highest BCUT2D eigenvalue weighted by Crippen LogP contribution is 2.17. The van der Waals surface area contributed by atoms with Crippen LogP contribution in [0.4, 0.5) is 0 Å². The number of thiazole rings is 1. The molecule has 132 valence electrons. The maximum Gasteiger partial charge on any atom is 0.308 e. The van der Waals surface area contributed by atoms with E-state index in [0.717, 1.165) is 21.3 Å². The van der Waals surface area contributed by atoms with Crippen molar-refractivity contribution < 1.29 is 22.4 Å². The Labute approximate surface area is 143 Å². The predicted molar refractivity (Wildman–Crippen MR) is 87.3 cm³/mol. The fourth-order valence-corrected chi connectivity index (χ4v) is 3.43. The van der Waals surface area contributed by atoms with Gasteiger partial charge < -0.3 is 13.7 Å². The first-order chi connectivity index (χ1) is 11.2. The molecule has 0 bridgehead atoms. The maximum atomic E-state index is 11.9. The summed E-state index contributed by atoms with van der Waals surface area (Å²) < 4.78 is 36.5. The smallest absolute Gasteiger partial charge is 0.308 e. The van der Waals surface area contributed by atoms with Gasteiger partial charge in [0, 0.05) is 31.7 Å². The van der Waals surface area contributed by atoms with Crippen molar-refractivity contribution in [2.75, 3.05) is 14.1 Å². The third-order valence-electron chi connectivity index (χ3n) is 3.26. The summed E-state index contributed by atoms with van der Waals surface area (Å²) in [7, 11) is -0.865. The molecule has 24 heavy (non-hydrogen) atoms. The molecule has 0 atom stereocenters. The molecule has 0 N–H and O–H groups in total. The lowest BCUT2D eigenvalue weighted by Gasteiger charge is -2.08. The minimum absolute atomic E-state index is 0.0427. The first-order valence-corrected chi connectivity index (χ1v) is 9.35. The molecule has 0 fully saturated rings. The fraction of sp³-hybridized carbons (Fsp3) is 0.429. The normalized spacial score (nSPS) is 11.8. The zero-order valence-corrected chi connectivity index (χ0v) is 15.1. The second-order valence-corrected chi connectivity index (χ2v) is 8.12. The Morgan fingerprint density at radius 2 is 2.08 bits per heavy atom. The predicted octanol–water partition coefficient (Wildman–Crippen LogP) is 1.20. The largest absolute Gasteiger partial charge is 0.457 e. The number of hydrogen-bond donors (Lipinski definition) is 0. The molecule has 2 aromatic heterocycles. The molecule has 0 aliphatic carbocycles. The zero-order chi connectivity index (χ0) is 17.9. The number of rotatable bonds is 7. The zero-order valence-electron chi connectivity index (χ0n) is 13.5. The van der Waals surface area contributed by atoms with Gasteiger partial charge in [-0.25, -0.2) is 12.7 Å². The molecule has 2 heterocycles. The Bertz CT molecular complexity index is 875. The SMILES string of the molecule is Cc1csc(=O)n1CCC(=O)OCc1ccc(S(=O)(=O)N(C)C)o1. The standard InChI is InChI=1S/C14H18N2O6S2/c1-10-9-23-14(18)16(10)7-6-12(17)21-8-11-4-5-13(22-11)24(19,20)15(2)3/h4-5,9H,6-8H2,1-3H3. The van der Waals surface area contributed by atoms with Crippen LogP contribution in [0, 0.1) is 6.92 Å². The minimum atomic E-state index is -3.65. The molecule has 2 rings (SSSR count). The van der Waals surface area contributed by atoms with Crippen molar-refractivity contribution in [1.82, 2.24) is 8.87 Å². The highest BCUT2D eigenvalue weighted by atomic mass is 32.2. The topological polar surface area (TPSA) is 98.8 Å². The summed E-state index contributed by atoms with van der Waals surface area (Å²) in [6.07, 6.45) is 0.0427. The van der Waals surface area contributed by atoms with E-state index in [0.29, 0.717) is 0 Å². The van der Waals surface area contributed by atoms with Gasteiger partial charge in [-0.05, 0) is 19.1 Å². The summed E-state index contributed by atoms with van der Waals surface area (Å²) in [5.74, 6) is -0.270. The lowest BCUT2D eigenvalue weighted by Crippen LogP contribution is -2.21. The van der Waals surface area contributed by atoms with E-state index in [4.69, 9.17) is 9.15 Å². The first-order valence-electron chi connectivity index (χ1n) is 7.03. The van der Waals surface area contributed by atoms with E-state index >= 15 is 0 Å². The van der Waals surface area contributed by atoms with Crippen LogP contribution in [0.15, 0.2) is 31.8 Å². The van der Waals surface area contributed by atoms with Gasteiger partial charge in [-0.15, -0.1) is 0 Å². The number of nitrogens with zero attached hydrogens (tertiary/aromatic N) is 2. The maximum absolute atomic E-state index is 11.9. The molecule has 10 heteroatoms. The Morgan fingerprint density at radius 1 is 1.38 bits per heavy atom. The molecular formula is C14H18N2O6S2. The number of sulfonamides is 1. The van der Waals surface area contributed by atoms with Crippen LogP contribution in [0.3, 0.4) is 0 Å². The number of esters is 1. The second-order valence-electron chi connectivity index (χ2n) is 5.21. The monoisotopic (exact) mass is 374 g/mol. The van der Waals surface area contributed by atoms with Crippen LogP contribution >= 0.6 is 11.3 Å². The van der Waals surface area contributed by atoms with Crippen molar-refractivity contribution in [3.05, 3.63) is 38.6 Å². The summed E-state index contributed by atoms with van der Waals surface area (Å²) in [4.78, 5) is 23.2. The van der Waals surface area contributed by atoms with Crippen molar-refractivity contribution in [3.63, 3.8) is 0 Å². The first kappa shape index (κ1) is 18.4. The molecule has 0 aliphatic heterocycles. The van der Waals surface area contributed by atoms with Crippen molar-refractivity contribution in [2.45, 2.75) is 31.6 Å². The number of aromatic nitrogens is 1. The Balaban J connectivity index is 1.89. The van der Waals surface area contributed by atoms with E-state index in [9.17, 15) is 18.0 Å². The average Bonchev–Trinajstić information content (AvgIpc) is 3.11. The van der Waals surface area contributed by atoms with Gasteiger partial charge in [-0.3, -0.25) is 9.59 Å². The van der Waals surface area contributed by atoms with Gasteiger partial charge in [-0.1, -0.05) is 11.3 Å². The van der Waals surface area contributed by atoms with Gasteiger partial charge in [0.15, 0.2) is 0 Å². The molecule has 0 aliphatic rings. The lowest BCUT2D eigenvalue weighted by molar-refractivity contribution is -0.145. The molecule has 0 radical (unpaired) electrons. The molecule has 0 amide bonds. The summed E-state index contributed by atoms with van der Waals surface area (Å²) in [6, 6.07) is 2.75. The van der Waals surface area contributed by atoms with Crippen molar-refractivity contribution >= 4 is 27.3 Å². The summed E-state index contributed by atoms with van der Waals surface area (Å²) in [5, 5.41) is 1.52. The van der Waals surface area contributed by atoms with E-state index in [1.54, 1.807) is 12.3 Å². The second kappa shape index (κ2) is 7.32.